The summed E-state index contributed by atoms with van der Waals surface area (Å²) in [6.07, 6.45) is 1.08. The van der Waals surface area contributed by atoms with Gasteiger partial charge in [0.15, 0.2) is 0 Å². The Hall–Kier alpha value is -3.02. The molecule has 0 aliphatic carbocycles. The second-order valence-electron chi connectivity index (χ2n) is 5.71. The quantitative estimate of drug-likeness (QED) is 0.676. The van der Waals surface area contributed by atoms with E-state index in [1.807, 2.05) is 30.3 Å². The lowest BCUT2D eigenvalue weighted by atomic mass is 10.0. The fourth-order valence-corrected chi connectivity index (χ4v) is 2.46. The molecule has 130 valence electrons. The van der Waals surface area contributed by atoms with Gasteiger partial charge in [0, 0.05) is 18.5 Å². The number of rotatable bonds is 9. The zero-order valence-corrected chi connectivity index (χ0v) is 13.7. The van der Waals surface area contributed by atoms with Gasteiger partial charge in [-0.25, -0.2) is 0 Å². The summed E-state index contributed by atoms with van der Waals surface area (Å²) in [5.41, 5.74) is 2.37. The minimum Gasteiger partial charge on any atom is -0.481 e. The molecule has 0 fully saturated rings. The van der Waals surface area contributed by atoms with Crippen LogP contribution in [-0.4, -0.2) is 17.0 Å². The zero-order valence-electron chi connectivity index (χ0n) is 13.7. The van der Waals surface area contributed by atoms with Crippen LogP contribution in [0.4, 0.5) is 5.69 Å². The first-order valence-corrected chi connectivity index (χ1v) is 8.06. The Bertz CT molecular complexity index is 714. The number of hydrogen-bond acceptors (Lipinski definition) is 4. The lowest BCUT2D eigenvalue weighted by molar-refractivity contribution is -0.137. The fraction of sp³-hybridized carbons (Fsp3) is 0.263. The Balaban J connectivity index is 1.87. The second-order valence-corrected chi connectivity index (χ2v) is 5.71. The Morgan fingerprint density at radius 1 is 1.00 bits per heavy atom. The molecule has 2 aromatic rings. The summed E-state index contributed by atoms with van der Waals surface area (Å²) in [7, 11) is 0. The molecular weight excluding hydrogens is 320 g/mol. The van der Waals surface area contributed by atoms with Crippen LogP contribution in [0.5, 0.6) is 0 Å². The lowest BCUT2D eigenvalue weighted by Crippen LogP contribution is -2.12. The van der Waals surface area contributed by atoms with Gasteiger partial charge in [-0.3, -0.25) is 9.59 Å². The van der Waals surface area contributed by atoms with Crippen molar-refractivity contribution in [3.8, 4) is 0 Å². The summed E-state index contributed by atoms with van der Waals surface area (Å²) in [5.74, 6) is -1.05. The molecule has 0 heterocycles. The molecular formula is C19H20N2O4. The van der Waals surface area contributed by atoms with Crippen molar-refractivity contribution in [2.24, 2.45) is 5.18 Å². The molecule has 0 aliphatic heterocycles. The highest BCUT2D eigenvalue weighted by molar-refractivity contribution is 5.90. The van der Waals surface area contributed by atoms with E-state index in [2.05, 4.69) is 10.5 Å². The average molecular weight is 340 g/mol. The molecule has 1 amide bonds. The summed E-state index contributed by atoms with van der Waals surface area (Å²) in [6.45, 7) is 0. The standard InChI is InChI=1S/C19H20N2O4/c22-18(12-6-14-4-2-1-3-5-14)20-16-9-7-15(8-10-16)17(21-25)11-13-19(23)24/h1-5,7-10,17H,6,11-13H2,(H,20,22)(H,23,24). The molecule has 6 heteroatoms. The van der Waals surface area contributed by atoms with Gasteiger partial charge in [0.25, 0.3) is 0 Å². The number of aliphatic carboxylic acids is 1. The third kappa shape index (κ3) is 6.18. The van der Waals surface area contributed by atoms with Crippen molar-refractivity contribution in [2.45, 2.75) is 31.7 Å². The average Bonchev–Trinajstić information content (AvgIpc) is 2.62. The van der Waals surface area contributed by atoms with Crippen LogP contribution in [0.3, 0.4) is 0 Å². The number of hydrogen-bond donors (Lipinski definition) is 2. The molecule has 0 aromatic heterocycles. The third-order valence-electron chi connectivity index (χ3n) is 3.82. The zero-order chi connectivity index (χ0) is 18.1. The van der Waals surface area contributed by atoms with E-state index in [1.54, 1.807) is 24.3 Å². The first kappa shape index (κ1) is 18.3. The van der Waals surface area contributed by atoms with Crippen LogP contribution in [0, 0.1) is 4.91 Å². The van der Waals surface area contributed by atoms with Gasteiger partial charge >= 0.3 is 5.97 Å². The van der Waals surface area contributed by atoms with Gasteiger partial charge in [0.2, 0.25) is 5.91 Å². The number of anilines is 1. The highest BCUT2D eigenvalue weighted by Crippen LogP contribution is 2.24. The Morgan fingerprint density at radius 2 is 1.68 bits per heavy atom. The van der Waals surface area contributed by atoms with Gasteiger partial charge in [-0.2, -0.15) is 4.91 Å². The maximum Gasteiger partial charge on any atom is 0.303 e. The molecule has 1 unspecified atom stereocenters. The lowest BCUT2D eigenvalue weighted by Gasteiger charge is -2.10. The molecule has 0 radical (unpaired) electrons. The smallest absolute Gasteiger partial charge is 0.303 e. The van der Waals surface area contributed by atoms with Crippen molar-refractivity contribution in [3.63, 3.8) is 0 Å². The van der Waals surface area contributed by atoms with Crippen LogP contribution < -0.4 is 5.32 Å². The number of carboxylic acid groups (broad SMARTS) is 1. The van der Waals surface area contributed by atoms with E-state index in [9.17, 15) is 14.5 Å². The van der Waals surface area contributed by atoms with Crippen LogP contribution >= 0.6 is 0 Å². The van der Waals surface area contributed by atoms with Crippen molar-refractivity contribution in [3.05, 3.63) is 70.6 Å². The minimum atomic E-state index is -0.962. The Labute approximate surface area is 145 Å². The highest BCUT2D eigenvalue weighted by atomic mass is 16.4. The van der Waals surface area contributed by atoms with E-state index in [0.29, 0.717) is 24.1 Å². The van der Waals surface area contributed by atoms with Crippen LogP contribution in [-0.2, 0) is 16.0 Å². The molecule has 25 heavy (non-hydrogen) atoms. The van der Waals surface area contributed by atoms with Crippen molar-refractivity contribution in [1.29, 1.82) is 0 Å². The predicted octanol–water partition coefficient (Wildman–Crippen LogP) is 3.93. The number of carbonyl (C=O) groups is 2. The molecule has 0 spiro atoms. The van der Waals surface area contributed by atoms with Crippen LogP contribution in [0.2, 0.25) is 0 Å². The van der Waals surface area contributed by atoms with Gasteiger partial charge < -0.3 is 10.4 Å². The summed E-state index contributed by atoms with van der Waals surface area (Å²) >= 11 is 0. The molecule has 0 bridgehead atoms. The number of nitrogens with zero attached hydrogens (tertiary/aromatic N) is 1. The SMILES string of the molecule is O=NC(CCC(=O)O)c1ccc(NC(=O)CCc2ccccc2)cc1. The number of benzene rings is 2. The van der Waals surface area contributed by atoms with Crippen LogP contribution in [0.1, 0.15) is 36.4 Å². The summed E-state index contributed by atoms with van der Waals surface area (Å²) in [5, 5.41) is 14.5. The molecule has 1 atom stereocenters. The van der Waals surface area contributed by atoms with Crippen molar-refractivity contribution in [2.75, 3.05) is 5.32 Å². The number of carbonyl (C=O) groups excluding carboxylic acids is 1. The van der Waals surface area contributed by atoms with Gasteiger partial charge in [-0.05, 0) is 36.1 Å². The number of nitroso groups, excluding NO2 is 1. The number of amides is 1. The van der Waals surface area contributed by atoms with Gasteiger partial charge in [0.05, 0.1) is 0 Å². The van der Waals surface area contributed by atoms with E-state index in [1.165, 1.54) is 0 Å². The molecule has 2 rings (SSSR count). The Kier molecular flexibility index (Phi) is 6.83. The van der Waals surface area contributed by atoms with Crippen molar-refractivity contribution < 1.29 is 14.7 Å². The van der Waals surface area contributed by atoms with E-state index in [0.717, 1.165) is 5.56 Å². The van der Waals surface area contributed by atoms with Crippen molar-refractivity contribution >= 4 is 17.6 Å². The summed E-state index contributed by atoms with van der Waals surface area (Å²) in [4.78, 5) is 33.5. The molecule has 0 aliphatic rings. The van der Waals surface area contributed by atoms with Crippen molar-refractivity contribution in [1.82, 2.24) is 0 Å². The number of carboxylic acids is 1. The molecule has 0 saturated heterocycles. The van der Waals surface area contributed by atoms with E-state index in [-0.39, 0.29) is 18.7 Å². The molecule has 2 N–H and O–H groups in total. The normalized spacial score (nSPS) is 11.5. The fourth-order valence-electron chi connectivity index (χ4n) is 2.46. The van der Waals surface area contributed by atoms with Gasteiger partial charge in [0.1, 0.15) is 6.04 Å². The maximum absolute atomic E-state index is 12.0. The molecule has 0 saturated carbocycles. The number of nitrogens with one attached hydrogen (secondary N) is 1. The van der Waals surface area contributed by atoms with Crippen LogP contribution in [0.25, 0.3) is 0 Å². The Morgan fingerprint density at radius 3 is 2.28 bits per heavy atom. The third-order valence-corrected chi connectivity index (χ3v) is 3.82. The highest BCUT2D eigenvalue weighted by Gasteiger charge is 2.14. The second kappa shape index (κ2) is 9.32. The van der Waals surface area contributed by atoms with Crippen LogP contribution in [0.15, 0.2) is 59.8 Å². The predicted molar refractivity (Wildman–Crippen MR) is 95.2 cm³/mol. The van der Waals surface area contributed by atoms with Gasteiger partial charge in [-0.15, -0.1) is 0 Å². The van der Waals surface area contributed by atoms with E-state index >= 15 is 0 Å². The van der Waals surface area contributed by atoms with E-state index < -0.39 is 12.0 Å². The largest absolute Gasteiger partial charge is 0.481 e. The monoisotopic (exact) mass is 340 g/mol. The summed E-state index contributed by atoms with van der Waals surface area (Å²) < 4.78 is 0. The molecule has 2 aromatic carbocycles. The number of aryl methyl sites for hydroxylation is 1. The maximum atomic E-state index is 12.0. The first-order chi connectivity index (χ1) is 12.1. The van der Waals surface area contributed by atoms with E-state index in [4.69, 9.17) is 5.11 Å². The first-order valence-electron chi connectivity index (χ1n) is 8.06. The van der Waals surface area contributed by atoms with Gasteiger partial charge in [-0.1, -0.05) is 47.6 Å². The molecule has 6 nitrogen and oxygen atoms in total. The summed E-state index contributed by atoms with van der Waals surface area (Å²) in [6, 6.07) is 15.8. The topological polar surface area (TPSA) is 95.8 Å². The minimum absolute atomic E-state index is 0.0902.